The van der Waals surface area contributed by atoms with Crippen molar-refractivity contribution in [3.8, 4) is 0 Å². The molecule has 1 atom stereocenters. The molecule has 1 rings (SSSR count). The Morgan fingerprint density at radius 3 is 2.93 bits per heavy atom. The van der Waals surface area contributed by atoms with Gasteiger partial charge in [0.05, 0.1) is 0 Å². The van der Waals surface area contributed by atoms with Crippen molar-refractivity contribution in [3.05, 3.63) is 12.0 Å². The molecule has 0 aromatic rings. The van der Waals surface area contributed by atoms with Gasteiger partial charge in [0, 0.05) is 13.5 Å². The molecule has 0 aromatic carbocycles. The molecule has 0 fully saturated rings. The highest BCUT2D eigenvalue weighted by atomic mass is 16.7. The van der Waals surface area contributed by atoms with Crippen LogP contribution in [0.1, 0.15) is 39.0 Å². The number of hydrogen-bond acceptors (Lipinski definition) is 3. The molecule has 3 nitrogen and oxygen atoms in total. The van der Waals surface area contributed by atoms with Crippen LogP contribution in [0.25, 0.3) is 0 Å². The maximum Gasteiger partial charge on any atom is 0.240 e. The maximum absolute atomic E-state index is 5.50. The second-order valence-corrected chi connectivity index (χ2v) is 3.55. The van der Waals surface area contributed by atoms with Gasteiger partial charge in [-0.05, 0) is 6.42 Å². The summed E-state index contributed by atoms with van der Waals surface area (Å²) in [5.41, 5.74) is 0. The van der Waals surface area contributed by atoms with Crippen molar-refractivity contribution in [2.24, 2.45) is 0 Å². The monoisotopic (exact) mass is 200 g/mol. The van der Waals surface area contributed by atoms with Gasteiger partial charge in [0.2, 0.25) is 6.29 Å². The number of methoxy groups -OCH3 is 1. The number of rotatable bonds is 7. The van der Waals surface area contributed by atoms with E-state index in [0.29, 0.717) is 6.61 Å². The topological polar surface area (TPSA) is 27.7 Å². The lowest BCUT2D eigenvalue weighted by atomic mass is 10.1. The zero-order chi connectivity index (χ0) is 10.2. The normalized spacial score (nSPS) is 20.1. The van der Waals surface area contributed by atoms with Crippen molar-refractivity contribution in [1.29, 1.82) is 0 Å². The van der Waals surface area contributed by atoms with Crippen molar-refractivity contribution in [3.63, 3.8) is 0 Å². The van der Waals surface area contributed by atoms with E-state index in [2.05, 4.69) is 6.92 Å². The van der Waals surface area contributed by atoms with Crippen molar-refractivity contribution in [1.82, 2.24) is 0 Å². The van der Waals surface area contributed by atoms with E-state index in [4.69, 9.17) is 14.2 Å². The summed E-state index contributed by atoms with van der Waals surface area (Å²) in [6.45, 7) is 2.71. The molecule has 14 heavy (non-hydrogen) atoms. The third-order valence-electron chi connectivity index (χ3n) is 2.21. The van der Waals surface area contributed by atoms with E-state index in [1.54, 1.807) is 13.4 Å². The average Bonchev–Trinajstić information content (AvgIpc) is 2.61. The Balaban J connectivity index is 2.01. The minimum Gasteiger partial charge on any atom is -0.459 e. The summed E-state index contributed by atoms with van der Waals surface area (Å²) in [4.78, 5) is 0. The van der Waals surface area contributed by atoms with Crippen LogP contribution >= 0.6 is 0 Å². The molecule has 1 aliphatic heterocycles. The van der Waals surface area contributed by atoms with Crippen LogP contribution in [0, 0.1) is 0 Å². The van der Waals surface area contributed by atoms with Crippen molar-refractivity contribution < 1.29 is 14.2 Å². The molecule has 1 heterocycles. The largest absolute Gasteiger partial charge is 0.459 e. The van der Waals surface area contributed by atoms with E-state index < -0.39 is 0 Å². The molecular weight excluding hydrogens is 180 g/mol. The fourth-order valence-corrected chi connectivity index (χ4v) is 1.45. The van der Waals surface area contributed by atoms with Crippen LogP contribution in [0.2, 0.25) is 0 Å². The van der Waals surface area contributed by atoms with Crippen LogP contribution in [-0.2, 0) is 14.2 Å². The van der Waals surface area contributed by atoms with Crippen LogP contribution in [0.3, 0.4) is 0 Å². The quantitative estimate of drug-likeness (QED) is 0.591. The van der Waals surface area contributed by atoms with Gasteiger partial charge in [-0.1, -0.05) is 26.2 Å². The molecule has 0 spiro atoms. The van der Waals surface area contributed by atoms with E-state index in [1.807, 2.05) is 0 Å². The van der Waals surface area contributed by atoms with Crippen LogP contribution < -0.4 is 0 Å². The highest BCUT2D eigenvalue weighted by molar-refractivity contribution is 4.92. The predicted molar refractivity (Wildman–Crippen MR) is 54.7 cm³/mol. The molecule has 0 saturated carbocycles. The fraction of sp³-hybridized carbons (Fsp3) is 0.818. The van der Waals surface area contributed by atoms with Gasteiger partial charge in [-0.15, -0.1) is 0 Å². The summed E-state index contributed by atoms with van der Waals surface area (Å²) in [6.07, 6.45) is 7.56. The fourth-order valence-electron chi connectivity index (χ4n) is 1.45. The van der Waals surface area contributed by atoms with Gasteiger partial charge < -0.3 is 14.2 Å². The van der Waals surface area contributed by atoms with Gasteiger partial charge >= 0.3 is 0 Å². The second kappa shape index (κ2) is 6.71. The maximum atomic E-state index is 5.50. The number of ether oxygens (including phenoxy) is 3. The summed E-state index contributed by atoms with van der Waals surface area (Å²) in [5.74, 6) is 0.799. The van der Waals surface area contributed by atoms with Gasteiger partial charge in [0.25, 0.3) is 0 Å². The third-order valence-corrected chi connectivity index (χ3v) is 2.21. The van der Waals surface area contributed by atoms with Gasteiger partial charge in [0.15, 0.2) is 5.76 Å². The highest BCUT2D eigenvalue weighted by Crippen LogP contribution is 2.19. The van der Waals surface area contributed by atoms with Gasteiger partial charge in [-0.25, -0.2) is 0 Å². The van der Waals surface area contributed by atoms with Crippen LogP contribution in [0.15, 0.2) is 12.0 Å². The van der Waals surface area contributed by atoms with Crippen molar-refractivity contribution >= 4 is 0 Å². The number of hydrogen-bond donors (Lipinski definition) is 0. The van der Waals surface area contributed by atoms with E-state index in [9.17, 15) is 0 Å². The molecule has 82 valence electrons. The van der Waals surface area contributed by atoms with Crippen molar-refractivity contribution in [2.45, 2.75) is 45.3 Å². The highest BCUT2D eigenvalue weighted by Gasteiger charge is 2.18. The zero-order valence-electron chi connectivity index (χ0n) is 9.12. The lowest BCUT2D eigenvalue weighted by Crippen LogP contribution is -2.09. The van der Waals surface area contributed by atoms with Crippen LogP contribution in [0.4, 0.5) is 0 Å². The van der Waals surface area contributed by atoms with Gasteiger partial charge in [-0.3, -0.25) is 0 Å². The first-order valence-corrected chi connectivity index (χ1v) is 5.37. The molecule has 0 radical (unpaired) electrons. The SMILES string of the molecule is CCCCCCC1OC=C(COC)O1. The summed E-state index contributed by atoms with van der Waals surface area (Å²) in [5, 5.41) is 0. The lowest BCUT2D eigenvalue weighted by molar-refractivity contribution is -0.0450. The summed E-state index contributed by atoms with van der Waals surface area (Å²) in [7, 11) is 1.65. The molecule has 0 saturated heterocycles. The molecule has 1 aliphatic rings. The summed E-state index contributed by atoms with van der Waals surface area (Å²) in [6, 6.07) is 0. The standard InChI is InChI=1S/C11H20O3/c1-3-4-5-6-7-11-13-9-10(14-11)8-12-2/h9,11H,3-8H2,1-2H3. The minimum atomic E-state index is -0.0722. The zero-order valence-corrected chi connectivity index (χ0v) is 9.12. The lowest BCUT2D eigenvalue weighted by Gasteiger charge is -2.11. The Morgan fingerprint density at radius 1 is 1.36 bits per heavy atom. The smallest absolute Gasteiger partial charge is 0.240 e. The van der Waals surface area contributed by atoms with Crippen LogP contribution in [-0.4, -0.2) is 20.0 Å². The van der Waals surface area contributed by atoms with Gasteiger partial charge in [0.1, 0.15) is 12.9 Å². The first kappa shape index (κ1) is 11.4. The Morgan fingerprint density at radius 2 is 2.21 bits per heavy atom. The molecule has 0 bridgehead atoms. The Kier molecular flexibility index (Phi) is 5.45. The molecular formula is C11H20O3. The predicted octanol–water partition coefficient (Wildman–Crippen LogP) is 2.82. The average molecular weight is 200 g/mol. The summed E-state index contributed by atoms with van der Waals surface area (Å²) >= 11 is 0. The van der Waals surface area contributed by atoms with E-state index in [-0.39, 0.29) is 6.29 Å². The molecule has 0 aliphatic carbocycles. The summed E-state index contributed by atoms with van der Waals surface area (Å²) < 4.78 is 15.8. The van der Waals surface area contributed by atoms with Crippen molar-refractivity contribution in [2.75, 3.05) is 13.7 Å². The molecule has 3 heteroatoms. The minimum absolute atomic E-state index is 0.0722. The van der Waals surface area contributed by atoms with E-state index in [0.717, 1.165) is 12.2 Å². The second-order valence-electron chi connectivity index (χ2n) is 3.55. The van der Waals surface area contributed by atoms with E-state index in [1.165, 1.54) is 25.7 Å². The van der Waals surface area contributed by atoms with Crippen LogP contribution in [0.5, 0.6) is 0 Å². The molecule has 0 aromatic heterocycles. The molecule has 0 amide bonds. The van der Waals surface area contributed by atoms with E-state index >= 15 is 0 Å². The Hall–Kier alpha value is -0.700. The first-order valence-electron chi connectivity index (χ1n) is 5.37. The van der Waals surface area contributed by atoms with Gasteiger partial charge in [-0.2, -0.15) is 0 Å². The Bertz CT molecular complexity index is 177. The molecule has 0 N–H and O–H groups in total. The molecule has 1 unspecified atom stereocenters. The Labute approximate surface area is 86.0 Å². The third kappa shape index (κ3) is 4.01. The number of unbranched alkanes of at least 4 members (excludes halogenated alkanes) is 3. The first-order chi connectivity index (χ1) is 6.86.